The van der Waals surface area contributed by atoms with Gasteiger partial charge in [-0.15, -0.1) is 0 Å². The second-order valence-corrected chi connectivity index (χ2v) is 7.10. The van der Waals surface area contributed by atoms with Gasteiger partial charge in [0.05, 0.1) is 5.60 Å². The van der Waals surface area contributed by atoms with Crippen molar-refractivity contribution in [2.75, 3.05) is 0 Å². The fourth-order valence-corrected chi connectivity index (χ4v) is 3.97. The van der Waals surface area contributed by atoms with Crippen molar-refractivity contribution in [1.29, 1.82) is 0 Å². The molecule has 5 atom stereocenters. The first kappa shape index (κ1) is 13.4. The highest BCUT2D eigenvalue weighted by atomic mass is 16.3. The predicted octanol–water partition coefficient (Wildman–Crippen LogP) is 4.39. The zero-order valence-electron chi connectivity index (χ0n) is 11.9. The average molecular weight is 238 g/mol. The molecule has 5 unspecified atom stereocenters. The summed E-state index contributed by atoms with van der Waals surface area (Å²) in [4.78, 5) is 0. The van der Waals surface area contributed by atoms with Gasteiger partial charge >= 0.3 is 0 Å². The Balaban J connectivity index is 1.99. The Morgan fingerprint density at radius 1 is 0.882 bits per heavy atom. The largest absolute Gasteiger partial charge is 0.390 e. The van der Waals surface area contributed by atoms with E-state index in [4.69, 9.17) is 0 Å². The van der Waals surface area contributed by atoms with E-state index in [9.17, 15) is 5.11 Å². The van der Waals surface area contributed by atoms with Gasteiger partial charge in [-0.05, 0) is 55.8 Å². The van der Waals surface area contributed by atoms with E-state index < -0.39 is 0 Å². The summed E-state index contributed by atoms with van der Waals surface area (Å²) in [5.41, 5.74) is -0.320. The van der Waals surface area contributed by atoms with Gasteiger partial charge < -0.3 is 5.11 Å². The van der Waals surface area contributed by atoms with Crippen LogP contribution in [0.4, 0.5) is 0 Å². The lowest BCUT2D eigenvalue weighted by atomic mass is 9.67. The van der Waals surface area contributed by atoms with Gasteiger partial charge in [0.1, 0.15) is 0 Å². The molecule has 17 heavy (non-hydrogen) atoms. The van der Waals surface area contributed by atoms with Crippen LogP contribution in [0.15, 0.2) is 0 Å². The van der Waals surface area contributed by atoms with Crippen molar-refractivity contribution in [2.45, 2.75) is 77.7 Å². The molecule has 0 aromatic carbocycles. The van der Waals surface area contributed by atoms with Crippen molar-refractivity contribution < 1.29 is 5.11 Å². The van der Waals surface area contributed by atoms with Gasteiger partial charge in [-0.1, -0.05) is 40.0 Å². The van der Waals surface area contributed by atoms with Gasteiger partial charge in [0, 0.05) is 0 Å². The molecule has 0 aliphatic heterocycles. The van der Waals surface area contributed by atoms with Crippen LogP contribution in [0.5, 0.6) is 0 Å². The van der Waals surface area contributed by atoms with E-state index in [1.54, 1.807) is 0 Å². The predicted molar refractivity (Wildman–Crippen MR) is 72.9 cm³/mol. The Bertz CT molecular complexity index is 250. The van der Waals surface area contributed by atoms with Crippen molar-refractivity contribution in [3.8, 4) is 0 Å². The average Bonchev–Trinajstić information content (AvgIpc) is 2.46. The first-order valence-electron chi connectivity index (χ1n) is 7.73. The molecule has 2 aliphatic rings. The molecule has 0 heterocycles. The van der Waals surface area contributed by atoms with Crippen LogP contribution in [0.25, 0.3) is 0 Å². The zero-order valence-corrected chi connectivity index (χ0v) is 11.9. The van der Waals surface area contributed by atoms with E-state index in [1.165, 1.54) is 38.5 Å². The summed E-state index contributed by atoms with van der Waals surface area (Å²) in [7, 11) is 0. The Labute approximate surface area is 107 Å². The maximum atomic E-state index is 11.0. The summed E-state index contributed by atoms with van der Waals surface area (Å²) in [6.07, 6.45) is 9.74. The molecule has 0 radical (unpaired) electrons. The van der Waals surface area contributed by atoms with Gasteiger partial charge in [0.2, 0.25) is 0 Å². The third kappa shape index (κ3) is 3.05. The Hall–Kier alpha value is -0.0400. The van der Waals surface area contributed by atoms with Crippen molar-refractivity contribution in [1.82, 2.24) is 0 Å². The minimum absolute atomic E-state index is 0.320. The maximum absolute atomic E-state index is 11.0. The van der Waals surface area contributed by atoms with E-state index in [-0.39, 0.29) is 5.60 Å². The number of hydrogen-bond acceptors (Lipinski definition) is 1. The van der Waals surface area contributed by atoms with Crippen molar-refractivity contribution in [2.24, 2.45) is 23.7 Å². The van der Waals surface area contributed by atoms with E-state index in [0.717, 1.165) is 30.6 Å². The molecule has 2 aliphatic carbocycles. The fourth-order valence-electron chi connectivity index (χ4n) is 3.97. The molecule has 2 saturated carbocycles. The van der Waals surface area contributed by atoms with Crippen LogP contribution in [-0.4, -0.2) is 10.7 Å². The Morgan fingerprint density at radius 2 is 1.65 bits per heavy atom. The summed E-state index contributed by atoms with van der Waals surface area (Å²) < 4.78 is 0. The molecule has 2 fully saturated rings. The molecule has 0 aromatic heterocycles. The van der Waals surface area contributed by atoms with E-state index in [1.807, 2.05) is 0 Å². The van der Waals surface area contributed by atoms with E-state index in [2.05, 4.69) is 20.8 Å². The quantitative estimate of drug-likeness (QED) is 0.672. The number of hydrogen-bond donors (Lipinski definition) is 1. The molecule has 0 aromatic rings. The third-order valence-corrected chi connectivity index (χ3v) is 5.73. The van der Waals surface area contributed by atoms with Crippen LogP contribution in [0, 0.1) is 23.7 Å². The second-order valence-electron chi connectivity index (χ2n) is 7.10. The second kappa shape index (κ2) is 5.30. The minimum Gasteiger partial charge on any atom is -0.390 e. The van der Waals surface area contributed by atoms with Gasteiger partial charge in [0.25, 0.3) is 0 Å². The smallest absolute Gasteiger partial charge is 0.0676 e. The zero-order chi connectivity index (χ0) is 12.5. The van der Waals surface area contributed by atoms with Crippen LogP contribution >= 0.6 is 0 Å². The molecular formula is C16H30O. The molecule has 1 heteroatoms. The number of aliphatic hydroxyl groups is 1. The first-order valence-corrected chi connectivity index (χ1v) is 7.73. The highest BCUT2D eigenvalue weighted by Gasteiger charge is 2.40. The minimum atomic E-state index is -0.320. The summed E-state index contributed by atoms with van der Waals surface area (Å²) >= 11 is 0. The SMILES string of the molecule is CC1CCCC(O)(C2CCC(C)C(C)C2)CC1. The molecular weight excluding hydrogens is 208 g/mol. The Kier molecular flexibility index (Phi) is 4.18. The Morgan fingerprint density at radius 3 is 2.35 bits per heavy atom. The molecule has 0 amide bonds. The standard InChI is InChI=1S/C16H30O/c1-12-5-4-9-16(17,10-8-12)15-7-6-13(2)14(3)11-15/h12-15,17H,4-11H2,1-3H3. The number of rotatable bonds is 1. The molecule has 0 bridgehead atoms. The van der Waals surface area contributed by atoms with Crippen molar-refractivity contribution in [3.63, 3.8) is 0 Å². The van der Waals surface area contributed by atoms with Gasteiger partial charge in [-0.2, -0.15) is 0 Å². The lowest BCUT2D eigenvalue weighted by Crippen LogP contribution is -2.41. The molecule has 0 saturated heterocycles. The van der Waals surface area contributed by atoms with Crippen LogP contribution in [-0.2, 0) is 0 Å². The van der Waals surface area contributed by atoms with Crippen LogP contribution in [0.3, 0.4) is 0 Å². The van der Waals surface area contributed by atoms with Crippen LogP contribution in [0.1, 0.15) is 72.1 Å². The fraction of sp³-hybridized carbons (Fsp3) is 1.00. The molecule has 100 valence electrons. The monoisotopic (exact) mass is 238 g/mol. The van der Waals surface area contributed by atoms with Crippen LogP contribution < -0.4 is 0 Å². The molecule has 2 rings (SSSR count). The highest BCUT2D eigenvalue weighted by molar-refractivity contribution is 4.92. The van der Waals surface area contributed by atoms with Crippen molar-refractivity contribution in [3.05, 3.63) is 0 Å². The lowest BCUT2D eigenvalue weighted by Gasteiger charge is -2.42. The van der Waals surface area contributed by atoms with Crippen molar-refractivity contribution >= 4 is 0 Å². The third-order valence-electron chi connectivity index (χ3n) is 5.73. The van der Waals surface area contributed by atoms with Gasteiger partial charge in [-0.3, -0.25) is 0 Å². The molecule has 0 spiro atoms. The lowest BCUT2D eigenvalue weighted by molar-refractivity contribution is -0.0586. The summed E-state index contributed by atoms with van der Waals surface area (Å²) in [5.74, 6) is 3.07. The molecule has 1 nitrogen and oxygen atoms in total. The van der Waals surface area contributed by atoms with Gasteiger partial charge in [-0.25, -0.2) is 0 Å². The maximum Gasteiger partial charge on any atom is 0.0676 e. The topological polar surface area (TPSA) is 20.2 Å². The first-order chi connectivity index (χ1) is 8.01. The van der Waals surface area contributed by atoms with Gasteiger partial charge in [0.15, 0.2) is 0 Å². The summed E-state index contributed by atoms with van der Waals surface area (Å²) in [6, 6.07) is 0. The van der Waals surface area contributed by atoms with Crippen LogP contribution in [0.2, 0.25) is 0 Å². The van der Waals surface area contributed by atoms with E-state index in [0.29, 0.717) is 5.92 Å². The highest BCUT2D eigenvalue weighted by Crippen LogP contribution is 2.44. The summed E-state index contributed by atoms with van der Waals surface area (Å²) in [5, 5.41) is 11.0. The molecule has 1 N–H and O–H groups in total. The normalized spacial score (nSPS) is 48.7. The summed E-state index contributed by atoms with van der Waals surface area (Å²) in [6.45, 7) is 7.09. The van der Waals surface area contributed by atoms with E-state index >= 15 is 0 Å².